The van der Waals surface area contributed by atoms with Crippen LogP contribution in [-0.4, -0.2) is 28.8 Å². The Labute approximate surface area is 162 Å². The minimum atomic E-state index is -0.221. The zero-order valence-electron chi connectivity index (χ0n) is 15.6. The maximum atomic E-state index is 9.81. The van der Waals surface area contributed by atoms with Gasteiger partial charge in [0.2, 0.25) is 0 Å². The predicted octanol–water partition coefficient (Wildman–Crippen LogP) is 5.26. The molecule has 2 aromatic heterocycles. The molecule has 2 heterocycles. The van der Waals surface area contributed by atoms with Crippen LogP contribution in [0.3, 0.4) is 0 Å². The molecule has 3 aromatic rings. The van der Waals surface area contributed by atoms with E-state index >= 15 is 0 Å². The number of rotatable bonds is 6. The van der Waals surface area contributed by atoms with Gasteiger partial charge in [0.15, 0.2) is 0 Å². The van der Waals surface area contributed by atoms with Gasteiger partial charge in [-0.15, -0.1) is 0 Å². The number of hydrogen-bond donors (Lipinski definition) is 2. The molecule has 4 nitrogen and oxygen atoms in total. The molecule has 2 N–H and O–H groups in total. The van der Waals surface area contributed by atoms with Crippen molar-refractivity contribution in [2.45, 2.75) is 33.3 Å². The topological polar surface area (TPSA) is 58.1 Å². The van der Waals surface area contributed by atoms with Gasteiger partial charge in [-0.25, -0.2) is 0 Å². The molecule has 138 valence electrons. The van der Waals surface area contributed by atoms with E-state index in [0.717, 1.165) is 38.7 Å². The first-order chi connectivity index (χ1) is 12.4. The van der Waals surface area contributed by atoms with Gasteiger partial charge in [0, 0.05) is 40.9 Å². The van der Waals surface area contributed by atoms with Crippen LogP contribution in [0, 0.1) is 5.41 Å². The molecule has 0 aliphatic carbocycles. The van der Waals surface area contributed by atoms with Crippen LogP contribution in [0.1, 0.15) is 38.1 Å². The summed E-state index contributed by atoms with van der Waals surface area (Å²) in [6.45, 7) is 6.29. The fourth-order valence-electron chi connectivity index (χ4n) is 3.23. The average molecular weight is 417 g/mol. The van der Waals surface area contributed by atoms with Crippen molar-refractivity contribution in [3.63, 3.8) is 0 Å². The van der Waals surface area contributed by atoms with Crippen molar-refractivity contribution < 1.29 is 9.84 Å². The summed E-state index contributed by atoms with van der Waals surface area (Å²) in [4.78, 5) is 8.14. The molecule has 1 atom stereocenters. The zero-order chi connectivity index (χ0) is 18.9. The lowest BCUT2D eigenvalue weighted by Crippen LogP contribution is -2.20. The third-order valence-corrected chi connectivity index (χ3v) is 5.29. The fraction of sp³-hybridized carbons (Fsp3) is 0.381. The van der Waals surface area contributed by atoms with Gasteiger partial charge < -0.3 is 14.8 Å². The second-order valence-corrected chi connectivity index (χ2v) is 8.40. The number of ether oxygens (including phenoxy) is 1. The molecule has 0 bridgehead atoms. The lowest BCUT2D eigenvalue weighted by molar-refractivity contribution is 0.116. The van der Waals surface area contributed by atoms with Gasteiger partial charge >= 0.3 is 0 Å². The maximum Gasteiger partial charge on any atom is 0.0969 e. The number of aromatic amines is 1. The number of halogens is 1. The minimum absolute atomic E-state index is 0.108. The van der Waals surface area contributed by atoms with Crippen LogP contribution >= 0.6 is 15.9 Å². The zero-order valence-corrected chi connectivity index (χ0v) is 17.2. The van der Waals surface area contributed by atoms with E-state index in [-0.39, 0.29) is 18.1 Å². The SMILES string of the molecule is CO[C@@H](C)c1ncccc1-c1[nH]c2ccc(Br)cc2c1CC(C)(C)CO. The molecule has 0 fully saturated rings. The van der Waals surface area contributed by atoms with Crippen molar-refractivity contribution in [2.24, 2.45) is 5.41 Å². The summed E-state index contributed by atoms with van der Waals surface area (Å²) < 4.78 is 6.57. The number of methoxy groups -OCH3 is 1. The van der Waals surface area contributed by atoms with Crippen LogP contribution in [0.4, 0.5) is 0 Å². The van der Waals surface area contributed by atoms with Crippen LogP contribution in [-0.2, 0) is 11.2 Å². The van der Waals surface area contributed by atoms with E-state index in [4.69, 9.17) is 4.74 Å². The molecule has 0 saturated carbocycles. The highest BCUT2D eigenvalue weighted by molar-refractivity contribution is 9.10. The van der Waals surface area contributed by atoms with Crippen LogP contribution in [0.5, 0.6) is 0 Å². The van der Waals surface area contributed by atoms with Gasteiger partial charge in [0.25, 0.3) is 0 Å². The Morgan fingerprint density at radius 1 is 1.31 bits per heavy atom. The normalized spacial score (nSPS) is 13.3. The third-order valence-electron chi connectivity index (χ3n) is 4.80. The highest BCUT2D eigenvalue weighted by atomic mass is 79.9. The molecule has 0 unspecified atom stereocenters. The number of hydrogen-bond acceptors (Lipinski definition) is 3. The Hall–Kier alpha value is -1.69. The number of H-pyrrole nitrogens is 1. The van der Waals surface area contributed by atoms with Crippen LogP contribution in [0.25, 0.3) is 22.2 Å². The number of nitrogens with zero attached hydrogens (tertiary/aromatic N) is 1. The molecular formula is C21H25BrN2O2. The van der Waals surface area contributed by atoms with Crippen molar-refractivity contribution in [2.75, 3.05) is 13.7 Å². The molecule has 0 amide bonds. The molecular weight excluding hydrogens is 392 g/mol. The van der Waals surface area contributed by atoms with E-state index in [0.29, 0.717) is 0 Å². The van der Waals surface area contributed by atoms with Crippen molar-refractivity contribution in [3.05, 3.63) is 52.3 Å². The van der Waals surface area contributed by atoms with Gasteiger partial charge in [0.1, 0.15) is 0 Å². The summed E-state index contributed by atoms with van der Waals surface area (Å²) in [7, 11) is 1.70. The van der Waals surface area contributed by atoms with E-state index in [1.54, 1.807) is 13.3 Å². The molecule has 0 radical (unpaired) electrons. The van der Waals surface area contributed by atoms with Gasteiger partial charge in [-0.2, -0.15) is 0 Å². The Bertz CT molecular complexity index is 918. The summed E-state index contributed by atoms with van der Waals surface area (Å²) in [6.07, 6.45) is 2.44. The molecule has 0 aliphatic rings. The van der Waals surface area contributed by atoms with Crippen molar-refractivity contribution in [3.8, 4) is 11.3 Å². The first kappa shape index (κ1) is 19.1. The van der Waals surface area contributed by atoms with Gasteiger partial charge in [-0.1, -0.05) is 29.8 Å². The van der Waals surface area contributed by atoms with E-state index in [1.807, 2.05) is 19.1 Å². The largest absolute Gasteiger partial charge is 0.396 e. The van der Waals surface area contributed by atoms with Crippen LogP contribution in [0.15, 0.2) is 41.0 Å². The molecule has 0 spiro atoms. The number of nitrogens with one attached hydrogen (secondary N) is 1. The Balaban J connectivity index is 2.27. The molecule has 5 heteroatoms. The number of pyridine rings is 1. The number of aromatic nitrogens is 2. The first-order valence-electron chi connectivity index (χ1n) is 8.75. The minimum Gasteiger partial charge on any atom is -0.396 e. The van der Waals surface area contributed by atoms with Crippen molar-refractivity contribution in [1.82, 2.24) is 9.97 Å². The molecule has 0 aliphatic heterocycles. The second-order valence-electron chi connectivity index (χ2n) is 7.48. The molecule has 3 rings (SSSR count). The highest BCUT2D eigenvalue weighted by Crippen LogP contribution is 2.38. The number of fused-ring (bicyclic) bond motifs is 1. The monoisotopic (exact) mass is 416 g/mol. The van der Waals surface area contributed by atoms with Crippen molar-refractivity contribution in [1.29, 1.82) is 0 Å². The Morgan fingerprint density at radius 2 is 2.08 bits per heavy atom. The van der Waals surface area contributed by atoms with Gasteiger partial charge in [-0.05, 0) is 54.7 Å². The van der Waals surface area contributed by atoms with Crippen molar-refractivity contribution >= 4 is 26.8 Å². The number of aliphatic hydroxyl groups is 1. The van der Waals surface area contributed by atoms with Gasteiger partial charge in [-0.3, -0.25) is 4.98 Å². The van der Waals surface area contributed by atoms with E-state index in [9.17, 15) is 5.11 Å². The summed E-state index contributed by atoms with van der Waals surface area (Å²) >= 11 is 3.58. The predicted molar refractivity (Wildman–Crippen MR) is 109 cm³/mol. The van der Waals surface area contributed by atoms with E-state index < -0.39 is 0 Å². The fourth-order valence-corrected chi connectivity index (χ4v) is 3.59. The summed E-state index contributed by atoms with van der Waals surface area (Å²) in [5, 5.41) is 11.0. The maximum absolute atomic E-state index is 9.81. The summed E-state index contributed by atoms with van der Waals surface area (Å²) in [5.41, 5.74) is 5.04. The van der Waals surface area contributed by atoms with Gasteiger partial charge in [0.05, 0.1) is 17.5 Å². The molecule has 1 aromatic carbocycles. The number of benzene rings is 1. The van der Waals surface area contributed by atoms with E-state index in [2.05, 4.69) is 57.9 Å². The lowest BCUT2D eigenvalue weighted by atomic mass is 9.84. The van der Waals surface area contributed by atoms with Crippen LogP contribution in [0.2, 0.25) is 0 Å². The summed E-state index contributed by atoms with van der Waals surface area (Å²) in [5.74, 6) is 0. The lowest BCUT2D eigenvalue weighted by Gasteiger charge is -2.23. The Morgan fingerprint density at radius 3 is 2.77 bits per heavy atom. The summed E-state index contributed by atoms with van der Waals surface area (Å²) in [6, 6.07) is 10.3. The average Bonchev–Trinajstić information content (AvgIpc) is 2.98. The standard InChI is InChI=1S/C21H25BrN2O2/c1-13(26-4)19-15(6-5-9-23-19)20-17(11-21(2,3)12-25)16-10-14(22)7-8-18(16)24-20/h5-10,13,24-25H,11-12H2,1-4H3/t13-/m0/s1. The third kappa shape index (κ3) is 3.70. The smallest absolute Gasteiger partial charge is 0.0969 e. The molecule has 0 saturated heterocycles. The quantitative estimate of drug-likeness (QED) is 0.575. The number of aliphatic hydroxyl groups excluding tert-OH is 1. The Kier molecular flexibility index (Phi) is 5.51. The highest BCUT2D eigenvalue weighted by Gasteiger charge is 2.25. The molecule has 26 heavy (non-hydrogen) atoms. The van der Waals surface area contributed by atoms with E-state index in [1.165, 1.54) is 5.56 Å². The second kappa shape index (κ2) is 7.51. The first-order valence-corrected chi connectivity index (χ1v) is 9.54. The van der Waals surface area contributed by atoms with Crippen LogP contribution < -0.4 is 0 Å².